The largest absolute Gasteiger partial charge is 0.327 e. The van der Waals surface area contributed by atoms with E-state index in [-0.39, 0.29) is 24.0 Å². The summed E-state index contributed by atoms with van der Waals surface area (Å²) in [4.78, 5) is 17.4. The topological polar surface area (TPSA) is 68.0 Å². The molecule has 1 amide bonds. The monoisotopic (exact) mass is 345 g/mol. The number of thiazole rings is 1. The highest BCUT2D eigenvalue weighted by Crippen LogP contribution is 2.29. The first kappa shape index (κ1) is 16.8. The van der Waals surface area contributed by atoms with Crippen molar-refractivity contribution in [2.45, 2.75) is 25.3 Å². The number of nitrogens with two attached hydrogens (primary N) is 1. The van der Waals surface area contributed by atoms with Crippen LogP contribution < -0.4 is 11.1 Å². The molecule has 0 unspecified atom stereocenters. The van der Waals surface area contributed by atoms with Crippen LogP contribution in [-0.4, -0.2) is 16.9 Å². The Labute approximate surface area is 136 Å². The van der Waals surface area contributed by atoms with Gasteiger partial charge >= 0.3 is 0 Å². The lowest BCUT2D eigenvalue weighted by Gasteiger charge is -2.15. The molecule has 1 atom stereocenters. The lowest BCUT2D eigenvalue weighted by Crippen LogP contribution is -2.27. The molecule has 0 radical (unpaired) electrons. The van der Waals surface area contributed by atoms with Crippen LogP contribution in [0.2, 0.25) is 0 Å². The molecule has 1 aromatic carbocycles. The maximum Gasteiger partial charge on any atom is 0.257 e. The SMILES string of the molecule is Cl.N[C@H]1CCc2nc(NC(=O)c3ccc(F)c(F)c3)sc2C1. The molecule has 118 valence electrons. The quantitative estimate of drug-likeness (QED) is 0.879. The summed E-state index contributed by atoms with van der Waals surface area (Å²) in [5.41, 5.74) is 6.91. The number of nitrogens with zero attached hydrogens (tertiary/aromatic N) is 1. The fourth-order valence-corrected chi connectivity index (χ4v) is 3.36. The second kappa shape index (κ2) is 6.68. The van der Waals surface area contributed by atoms with Crippen molar-refractivity contribution in [3.63, 3.8) is 0 Å². The Morgan fingerprint density at radius 3 is 2.86 bits per heavy atom. The van der Waals surface area contributed by atoms with Gasteiger partial charge in [-0.3, -0.25) is 10.1 Å². The molecular formula is C14H14ClF2N3OS. The number of aromatic nitrogens is 1. The van der Waals surface area contributed by atoms with Crippen molar-refractivity contribution in [3.05, 3.63) is 46.0 Å². The van der Waals surface area contributed by atoms with Gasteiger partial charge in [0.2, 0.25) is 0 Å². The number of benzene rings is 1. The first-order valence-electron chi connectivity index (χ1n) is 6.53. The molecule has 0 saturated heterocycles. The summed E-state index contributed by atoms with van der Waals surface area (Å²) in [6, 6.07) is 3.16. The van der Waals surface area contributed by atoms with Gasteiger partial charge in [0, 0.05) is 16.5 Å². The van der Waals surface area contributed by atoms with Crippen molar-refractivity contribution in [2.24, 2.45) is 5.73 Å². The van der Waals surface area contributed by atoms with Gasteiger partial charge in [0.1, 0.15) is 0 Å². The van der Waals surface area contributed by atoms with E-state index < -0.39 is 17.5 Å². The normalized spacial score (nSPS) is 16.6. The summed E-state index contributed by atoms with van der Waals surface area (Å²) in [6.07, 6.45) is 2.44. The molecule has 1 heterocycles. The van der Waals surface area contributed by atoms with Crippen molar-refractivity contribution < 1.29 is 13.6 Å². The smallest absolute Gasteiger partial charge is 0.257 e. The van der Waals surface area contributed by atoms with Crippen LogP contribution in [0.1, 0.15) is 27.3 Å². The Morgan fingerprint density at radius 1 is 1.36 bits per heavy atom. The van der Waals surface area contributed by atoms with E-state index in [2.05, 4.69) is 10.3 Å². The summed E-state index contributed by atoms with van der Waals surface area (Å²) in [7, 11) is 0. The van der Waals surface area contributed by atoms with Crippen molar-refractivity contribution in [3.8, 4) is 0 Å². The third-order valence-corrected chi connectivity index (χ3v) is 4.42. The van der Waals surface area contributed by atoms with Crippen LogP contribution in [-0.2, 0) is 12.8 Å². The number of aryl methyl sites for hydroxylation is 1. The minimum absolute atomic E-state index is 0. The number of rotatable bonds is 2. The minimum Gasteiger partial charge on any atom is -0.327 e. The van der Waals surface area contributed by atoms with Crippen molar-refractivity contribution in [2.75, 3.05) is 5.32 Å². The van der Waals surface area contributed by atoms with E-state index in [1.165, 1.54) is 17.4 Å². The van der Waals surface area contributed by atoms with Gasteiger partial charge < -0.3 is 5.73 Å². The van der Waals surface area contributed by atoms with E-state index in [4.69, 9.17) is 5.73 Å². The molecule has 8 heteroatoms. The molecule has 0 fully saturated rings. The number of nitrogens with one attached hydrogen (secondary N) is 1. The number of hydrogen-bond acceptors (Lipinski definition) is 4. The lowest BCUT2D eigenvalue weighted by molar-refractivity contribution is 0.102. The molecule has 0 bridgehead atoms. The first-order valence-corrected chi connectivity index (χ1v) is 7.35. The van der Waals surface area contributed by atoms with E-state index in [9.17, 15) is 13.6 Å². The molecule has 3 N–H and O–H groups in total. The van der Waals surface area contributed by atoms with Crippen LogP contribution in [0.4, 0.5) is 13.9 Å². The Hall–Kier alpha value is -1.57. The molecule has 2 aromatic rings. The van der Waals surface area contributed by atoms with Crippen molar-refractivity contribution in [1.82, 2.24) is 4.98 Å². The minimum atomic E-state index is -1.05. The van der Waals surface area contributed by atoms with Gasteiger partial charge in [0.05, 0.1) is 5.69 Å². The third kappa shape index (κ3) is 3.43. The van der Waals surface area contributed by atoms with Crippen LogP contribution in [0.25, 0.3) is 0 Å². The molecule has 3 rings (SSSR count). The summed E-state index contributed by atoms with van der Waals surface area (Å²) >= 11 is 1.38. The third-order valence-electron chi connectivity index (χ3n) is 3.38. The van der Waals surface area contributed by atoms with Crippen molar-refractivity contribution >= 4 is 34.8 Å². The van der Waals surface area contributed by atoms with E-state index in [0.29, 0.717) is 5.13 Å². The number of hydrogen-bond donors (Lipinski definition) is 2. The van der Waals surface area contributed by atoms with Crippen molar-refractivity contribution in [1.29, 1.82) is 0 Å². The number of amides is 1. The highest BCUT2D eigenvalue weighted by Gasteiger charge is 2.21. The number of fused-ring (bicyclic) bond motifs is 1. The van der Waals surface area contributed by atoms with E-state index in [1.54, 1.807) is 0 Å². The Balaban J connectivity index is 0.00000176. The fraction of sp³-hybridized carbons (Fsp3) is 0.286. The van der Waals surface area contributed by atoms with Crippen LogP contribution in [0.15, 0.2) is 18.2 Å². The standard InChI is InChI=1S/C14H13F2N3OS.ClH/c15-9-3-1-7(5-10(9)16)13(20)19-14-18-11-4-2-8(17)6-12(11)21-14;/h1,3,5,8H,2,4,6,17H2,(H,18,19,20);1H/t8-;/m0./s1. The van der Waals surface area contributed by atoms with Gasteiger partial charge in [-0.25, -0.2) is 13.8 Å². The van der Waals surface area contributed by atoms with Crippen LogP contribution >= 0.6 is 23.7 Å². The highest BCUT2D eigenvalue weighted by atomic mass is 35.5. The van der Waals surface area contributed by atoms with Crippen LogP contribution in [0, 0.1) is 11.6 Å². The molecule has 22 heavy (non-hydrogen) atoms. The van der Waals surface area contributed by atoms with E-state index >= 15 is 0 Å². The maximum atomic E-state index is 13.1. The molecule has 4 nitrogen and oxygen atoms in total. The van der Waals surface area contributed by atoms with Gasteiger partial charge in [0.15, 0.2) is 16.8 Å². The summed E-state index contributed by atoms with van der Waals surface area (Å²) in [5.74, 6) is -2.54. The number of anilines is 1. The summed E-state index contributed by atoms with van der Waals surface area (Å²) in [6.45, 7) is 0. The average molecular weight is 346 g/mol. The average Bonchev–Trinajstić information content (AvgIpc) is 2.83. The molecule has 0 aliphatic heterocycles. The summed E-state index contributed by atoms with van der Waals surface area (Å²) < 4.78 is 26.0. The van der Waals surface area contributed by atoms with Gasteiger partial charge in [-0.2, -0.15) is 0 Å². The number of carbonyl (C=O) groups excluding carboxylic acids is 1. The zero-order valence-electron chi connectivity index (χ0n) is 11.4. The first-order chi connectivity index (χ1) is 10.0. The summed E-state index contributed by atoms with van der Waals surface area (Å²) in [5, 5.41) is 3.08. The number of halogens is 3. The van der Waals surface area contributed by atoms with Crippen LogP contribution in [0.5, 0.6) is 0 Å². The Bertz CT molecular complexity index is 707. The molecule has 1 aromatic heterocycles. The van der Waals surface area contributed by atoms with E-state index in [1.807, 2.05) is 0 Å². The van der Waals surface area contributed by atoms with Gasteiger partial charge in [-0.05, 0) is 37.5 Å². The zero-order chi connectivity index (χ0) is 15.0. The second-order valence-electron chi connectivity index (χ2n) is 4.97. The fourth-order valence-electron chi connectivity index (χ4n) is 2.26. The predicted molar refractivity (Wildman–Crippen MR) is 83.7 cm³/mol. The predicted octanol–water partition coefficient (Wildman–Crippen LogP) is 2.91. The Kier molecular flexibility index (Phi) is 5.10. The maximum absolute atomic E-state index is 13.1. The Morgan fingerprint density at radius 2 is 2.14 bits per heavy atom. The second-order valence-corrected chi connectivity index (χ2v) is 6.06. The van der Waals surface area contributed by atoms with E-state index in [0.717, 1.165) is 42.0 Å². The molecule has 0 saturated carbocycles. The molecular weight excluding hydrogens is 332 g/mol. The highest BCUT2D eigenvalue weighted by molar-refractivity contribution is 7.15. The number of carbonyl (C=O) groups is 1. The lowest BCUT2D eigenvalue weighted by atomic mass is 9.99. The molecule has 1 aliphatic carbocycles. The molecule has 1 aliphatic rings. The van der Waals surface area contributed by atoms with Gasteiger partial charge in [-0.15, -0.1) is 23.7 Å². The molecule has 0 spiro atoms. The van der Waals surface area contributed by atoms with Gasteiger partial charge in [0.25, 0.3) is 5.91 Å². The van der Waals surface area contributed by atoms with Gasteiger partial charge in [-0.1, -0.05) is 0 Å². The van der Waals surface area contributed by atoms with Crippen LogP contribution in [0.3, 0.4) is 0 Å². The zero-order valence-corrected chi connectivity index (χ0v) is 13.1.